The van der Waals surface area contributed by atoms with Crippen LogP contribution in [0.15, 0.2) is 48.5 Å². The molecule has 0 aliphatic heterocycles. The van der Waals surface area contributed by atoms with Gasteiger partial charge in [-0.2, -0.15) is 0 Å². The summed E-state index contributed by atoms with van der Waals surface area (Å²) in [6.45, 7) is 2.50. The summed E-state index contributed by atoms with van der Waals surface area (Å²) < 4.78 is 5.92. The number of carbonyl (C=O) groups excluding carboxylic acids is 1. The highest BCUT2D eigenvalue weighted by Gasteiger charge is 2.10. The average molecular weight is 269 g/mol. The SMILES string of the molecule is CNC(=O)Cc1cccc(C)c1OCc1ccccc1. The van der Waals surface area contributed by atoms with Gasteiger partial charge in [-0.25, -0.2) is 0 Å². The second kappa shape index (κ2) is 6.75. The minimum absolute atomic E-state index is 0.0137. The molecule has 1 amide bonds. The zero-order valence-electron chi connectivity index (χ0n) is 11.8. The number of amides is 1. The van der Waals surface area contributed by atoms with Crippen LogP contribution in [-0.2, 0) is 17.8 Å². The van der Waals surface area contributed by atoms with E-state index in [1.165, 1.54) is 0 Å². The van der Waals surface area contributed by atoms with Crippen LogP contribution < -0.4 is 10.1 Å². The van der Waals surface area contributed by atoms with Crippen LogP contribution in [-0.4, -0.2) is 13.0 Å². The van der Waals surface area contributed by atoms with Crippen LogP contribution in [0.25, 0.3) is 0 Å². The first kappa shape index (κ1) is 14.1. The highest BCUT2D eigenvalue weighted by molar-refractivity contribution is 5.79. The quantitative estimate of drug-likeness (QED) is 0.906. The minimum Gasteiger partial charge on any atom is -0.488 e. The molecule has 0 heterocycles. The molecule has 0 radical (unpaired) electrons. The molecule has 0 saturated heterocycles. The predicted octanol–water partition coefficient (Wildman–Crippen LogP) is 2.86. The van der Waals surface area contributed by atoms with Crippen LogP contribution in [0.3, 0.4) is 0 Å². The fourth-order valence-corrected chi connectivity index (χ4v) is 2.05. The lowest BCUT2D eigenvalue weighted by Gasteiger charge is -2.14. The molecule has 2 aromatic carbocycles. The van der Waals surface area contributed by atoms with Crippen LogP contribution in [0.5, 0.6) is 5.75 Å². The molecular formula is C17H19NO2. The molecule has 3 nitrogen and oxygen atoms in total. The van der Waals surface area contributed by atoms with Gasteiger partial charge >= 0.3 is 0 Å². The van der Waals surface area contributed by atoms with Gasteiger partial charge in [-0.05, 0) is 18.1 Å². The zero-order valence-corrected chi connectivity index (χ0v) is 11.8. The summed E-state index contributed by atoms with van der Waals surface area (Å²) in [6, 6.07) is 15.9. The molecule has 0 fully saturated rings. The first-order chi connectivity index (χ1) is 9.70. The molecule has 0 aliphatic carbocycles. The number of carbonyl (C=O) groups is 1. The Morgan fingerprint density at radius 1 is 1.10 bits per heavy atom. The zero-order chi connectivity index (χ0) is 14.4. The molecule has 0 unspecified atom stereocenters. The maximum atomic E-state index is 11.6. The van der Waals surface area contributed by atoms with Crippen molar-refractivity contribution in [1.29, 1.82) is 0 Å². The summed E-state index contributed by atoms with van der Waals surface area (Å²) in [7, 11) is 1.64. The fourth-order valence-electron chi connectivity index (χ4n) is 2.05. The standard InChI is InChI=1S/C17H19NO2/c1-13-7-6-10-15(11-16(19)18-2)17(13)20-12-14-8-4-3-5-9-14/h3-10H,11-12H2,1-2H3,(H,18,19). The van der Waals surface area contributed by atoms with Crippen molar-refractivity contribution in [3.8, 4) is 5.75 Å². The Bertz CT molecular complexity index is 579. The third-order valence-corrected chi connectivity index (χ3v) is 3.15. The van der Waals surface area contributed by atoms with Gasteiger partial charge in [0.15, 0.2) is 0 Å². The van der Waals surface area contributed by atoms with Crippen LogP contribution in [0.2, 0.25) is 0 Å². The first-order valence-electron chi connectivity index (χ1n) is 6.66. The number of para-hydroxylation sites is 1. The van der Waals surface area contributed by atoms with Crippen LogP contribution in [0.4, 0.5) is 0 Å². The topological polar surface area (TPSA) is 38.3 Å². The van der Waals surface area contributed by atoms with Crippen molar-refractivity contribution < 1.29 is 9.53 Å². The van der Waals surface area contributed by atoms with Gasteiger partial charge in [0.2, 0.25) is 5.91 Å². The maximum absolute atomic E-state index is 11.6. The molecule has 0 aromatic heterocycles. The summed E-state index contributed by atoms with van der Waals surface area (Å²) in [5, 5.41) is 2.64. The van der Waals surface area contributed by atoms with Gasteiger partial charge in [-0.1, -0.05) is 48.5 Å². The van der Waals surface area contributed by atoms with Crippen molar-refractivity contribution in [3.63, 3.8) is 0 Å². The van der Waals surface area contributed by atoms with E-state index in [1.54, 1.807) is 7.05 Å². The minimum atomic E-state index is -0.0137. The number of aryl methyl sites for hydroxylation is 1. The number of nitrogens with one attached hydrogen (secondary N) is 1. The van der Waals surface area contributed by atoms with E-state index in [4.69, 9.17) is 4.74 Å². The second-order valence-electron chi connectivity index (χ2n) is 4.69. The normalized spacial score (nSPS) is 10.1. The van der Waals surface area contributed by atoms with Crippen molar-refractivity contribution in [2.45, 2.75) is 20.0 Å². The van der Waals surface area contributed by atoms with Gasteiger partial charge < -0.3 is 10.1 Å². The lowest BCUT2D eigenvalue weighted by Crippen LogP contribution is -2.20. The molecule has 0 saturated carbocycles. The van der Waals surface area contributed by atoms with Gasteiger partial charge in [-0.3, -0.25) is 4.79 Å². The molecule has 104 valence electrons. The Hall–Kier alpha value is -2.29. The van der Waals surface area contributed by atoms with E-state index in [1.807, 2.05) is 55.5 Å². The largest absolute Gasteiger partial charge is 0.488 e. The van der Waals surface area contributed by atoms with Gasteiger partial charge in [0.25, 0.3) is 0 Å². The number of hydrogen-bond acceptors (Lipinski definition) is 2. The Kier molecular flexibility index (Phi) is 4.77. The Morgan fingerprint density at radius 2 is 1.85 bits per heavy atom. The highest BCUT2D eigenvalue weighted by Crippen LogP contribution is 2.25. The van der Waals surface area contributed by atoms with E-state index < -0.39 is 0 Å². The van der Waals surface area contributed by atoms with Crippen molar-refractivity contribution >= 4 is 5.91 Å². The summed E-state index contributed by atoms with van der Waals surface area (Å²) in [6.07, 6.45) is 0.336. The van der Waals surface area contributed by atoms with Gasteiger partial charge in [0.1, 0.15) is 12.4 Å². The molecule has 20 heavy (non-hydrogen) atoms. The average Bonchev–Trinajstić information content (AvgIpc) is 2.47. The van der Waals surface area contributed by atoms with E-state index in [-0.39, 0.29) is 5.91 Å². The number of likely N-dealkylation sites (N-methyl/N-ethyl adjacent to an activating group) is 1. The van der Waals surface area contributed by atoms with E-state index >= 15 is 0 Å². The number of benzene rings is 2. The fraction of sp³-hybridized carbons (Fsp3) is 0.235. The van der Waals surface area contributed by atoms with E-state index in [9.17, 15) is 4.79 Å². The van der Waals surface area contributed by atoms with Gasteiger partial charge in [-0.15, -0.1) is 0 Å². The van der Waals surface area contributed by atoms with E-state index in [2.05, 4.69) is 5.32 Å². The lowest BCUT2D eigenvalue weighted by atomic mass is 10.1. The Morgan fingerprint density at radius 3 is 2.55 bits per heavy atom. The summed E-state index contributed by atoms with van der Waals surface area (Å²) in [5.41, 5.74) is 3.07. The molecule has 0 spiro atoms. The number of rotatable bonds is 5. The monoisotopic (exact) mass is 269 g/mol. The predicted molar refractivity (Wildman–Crippen MR) is 79.7 cm³/mol. The van der Waals surface area contributed by atoms with Crippen molar-refractivity contribution in [2.75, 3.05) is 7.05 Å². The smallest absolute Gasteiger partial charge is 0.224 e. The third kappa shape index (κ3) is 3.60. The van der Waals surface area contributed by atoms with Gasteiger partial charge in [0, 0.05) is 12.6 Å². The number of hydrogen-bond donors (Lipinski definition) is 1. The maximum Gasteiger partial charge on any atom is 0.224 e. The van der Waals surface area contributed by atoms with E-state index in [0.29, 0.717) is 13.0 Å². The molecule has 1 N–H and O–H groups in total. The van der Waals surface area contributed by atoms with Crippen LogP contribution in [0.1, 0.15) is 16.7 Å². The third-order valence-electron chi connectivity index (χ3n) is 3.15. The summed E-state index contributed by atoms with van der Waals surface area (Å²) in [5.74, 6) is 0.792. The first-order valence-corrected chi connectivity index (χ1v) is 6.66. The Balaban J connectivity index is 2.15. The summed E-state index contributed by atoms with van der Waals surface area (Å²) in [4.78, 5) is 11.6. The van der Waals surface area contributed by atoms with E-state index in [0.717, 1.165) is 22.4 Å². The Labute approximate surface area is 119 Å². The molecule has 3 heteroatoms. The highest BCUT2D eigenvalue weighted by atomic mass is 16.5. The molecule has 0 atom stereocenters. The molecule has 0 bridgehead atoms. The van der Waals surface area contributed by atoms with Crippen molar-refractivity contribution in [1.82, 2.24) is 5.32 Å². The number of ether oxygens (including phenoxy) is 1. The molecule has 0 aliphatic rings. The summed E-state index contributed by atoms with van der Waals surface area (Å²) >= 11 is 0. The lowest BCUT2D eigenvalue weighted by molar-refractivity contribution is -0.119. The van der Waals surface area contributed by atoms with Crippen LogP contribution >= 0.6 is 0 Å². The van der Waals surface area contributed by atoms with Crippen molar-refractivity contribution in [2.24, 2.45) is 0 Å². The van der Waals surface area contributed by atoms with Gasteiger partial charge in [0.05, 0.1) is 6.42 Å². The van der Waals surface area contributed by atoms with Crippen molar-refractivity contribution in [3.05, 3.63) is 65.2 Å². The molecular weight excluding hydrogens is 250 g/mol. The second-order valence-corrected chi connectivity index (χ2v) is 4.69. The molecule has 2 rings (SSSR count). The van der Waals surface area contributed by atoms with Crippen LogP contribution in [0, 0.1) is 6.92 Å². The molecule has 2 aromatic rings.